The third-order valence-corrected chi connectivity index (χ3v) is 2.31. The average Bonchev–Trinajstić information content (AvgIpc) is 2.15. The van der Waals surface area contributed by atoms with Crippen LogP contribution in [0.25, 0.3) is 0 Å². The summed E-state index contributed by atoms with van der Waals surface area (Å²) in [5.41, 5.74) is 0. The summed E-state index contributed by atoms with van der Waals surface area (Å²) in [5.74, 6) is -0.869. The Hall–Kier alpha value is -1.64. The Balaban J connectivity index is 5.13. The minimum atomic E-state index is -3.86. The van der Waals surface area contributed by atoms with Gasteiger partial charge in [0.2, 0.25) is 9.84 Å². The van der Waals surface area contributed by atoms with Crippen LogP contribution in [-0.4, -0.2) is 57.8 Å². The van der Waals surface area contributed by atoms with Gasteiger partial charge in [0.25, 0.3) is 11.0 Å². The second-order valence-electron chi connectivity index (χ2n) is 3.00. The molecule has 0 aliphatic carbocycles. The van der Waals surface area contributed by atoms with E-state index in [1.807, 2.05) is 0 Å². The van der Waals surface area contributed by atoms with E-state index >= 15 is 0 Å². The maximum atomic E-state index is 11.4. The van der Waals surface area contributed by atoms with Crippen LogP contribution in [0.1, 0.15) is 0 Å². The number of nitrogens with zero attached hydrogens (tertiary/aromatic N) is 2. The molecule has 0 saturated carbocycles. The second kappa shape index (κ2) is 5.45. The Labute approximate surface area is 93.1 Å². The number of sulfone groups is 1. The third kappa shape index (κ3) is 4.26. The lowest BCUT2D eigenvalue weighted by Gasteiger charge is -2.10. The lowest BCUT2D eigenvalue weighted by Crippen LogP contribution is -2.35. The molecule has 0 aliphatic heterocycles. The first-order valence-electron chi connectivity index (χ1n) is 4.08. The summed E-state index contributed by atoms with van der Waals surface area (Å²) in [4.78, 5) is 27.2. The maximum absolute atomic E-state index is 11.4. The zero-order chi connectivity index (χ0) is 12.9. The molecule has 0 aliphatic rings. The summed E-state index contributed by atoms with van der Waals surface area (Å²) in [6, 6.07) is 0. The molecule has 0 aromatic heterocycles. The number of hydrogen-bond donors (Lipinski definition) is 1. The van der Waals surface area contributed by atoms with Gasteiger partial charge in [0.1, 0.15) is 0 Å². The molecule has 92 valence electrons. The van der Waals surface area contributed by atoms with Gasteiger partial charge in [0.15, 0.2) is 0 Å². The molecule has 16 heavy (non-hydrogen) atoms. The Bertz CT molecular complexity index is 412. The summed E-state index contributed by atoms with van der Waals surface area (Å²) in [5, 5.41) is 4.23. The van der Waals surface area contributed by atoms with Crippen molar-refractivity contribution >= 4 is 26.9 Å². The highest BCUT2D eigenvalue weighted by atomic mass is 32.2. The van der Waals surface area contributed by atoms with Crippen molar-refractivity contribution in [3.63, 3.8) is 0 Å². The van der Waals surface area contributed by atoms with E-state index in [2.05, 4.69) is 15.3 Å². The Morgan fingerprint density at radius 3 is 2.12 bits per heavy atom. The van der Waals surface area contributed by atoms with E-state index in [4.69, 9.17) is 0 Å². The molecule has 0 fully saturated rings. The Kier molecular flexibility index (Phi) is 4.89. The standard InChI is InChI=1S/C7H13N3O5S/c1-8-7(12)15-9-5(16(4,13)14)6(11)10(2)3/h1-4H3,(H,8,12)/b9-5-. The largest absolute Gasteiger partial charge is 0.433 e. The minimum Gasteiger partial charge on any atom is -0.343 e. The van der Waals surface area contributed by atoms with Gasteiger partial charge in [-0.25, -0.2) is 13.2 Å². The SMILES string of the molecule is CNC(=O)O/N=C(/C(=O)N(C)C)S(C)(=O)=O. The highest BCUT2D eigenvalue weighted by Crippen LogP contribution is 1.96. The lowest BCUT2D eigenvalue weighted by molar-refractivity contribution is -0.121. The van der Waals surface area contributed by atoms with E-state index in [1.54, 1.807) is 0 Å². The minimum absolute atomic E-state index is 0.792. The predicted octanol–water partition coefficient (Wildman–Crippen LogP) is -1.21. The van der Waals surface area contributed by atoms with Crippen LogP contribution in [0.15, 0.2) is 5.16 Å². The topological polar surface area (TPSA) is 105 Å². The number of hydrogen-bond acceptors (Lipinski definition) is 6. The van der Waals surface area contributed by atoms with Gasteiger partial charge < -0.3 is 10.2 Å². The molecule has 0 saturated heterocycles. The van der Waals surface area contributed by atoms with Crippen LogP contribution in [-0.2, 0) is 19.5 Å². The van der Waals surface area contributed by atoms with Crippen molar-refractivity contribution in [2.45, 2.75) is 0 Å². The molecular weight excluding hydrogens is 238 g/mol. The van der Waals surface area contributed by atoms with Crippen LogP contribution < -0.4 is 5.32 Å². The number of carbonyl (C=O) groups excluding carboxylic acids is 2. The first-order chi connectivity index (χ1) is 7.20. The maximum Gasteiger partial charge on any atom is 0.433 e. The summed E-state index contributed by atoms with van der Waals surface area (Å²) in [6.07, 6.45) is -0.173. The zero-order valence-corrected chi connectivity index (χ0v) is 10.2. The molecule has 0 rings (SSSR count). The molecule has 0 aromatic rings. The average molecular weight is 251 g/mol. The summed E-state index contributed by atoms with van der Waals surface area (Å²) >= 11 is 0. The van der Waals surface area contributed by atoms with Crippen LogP contribution >= 0.6 is 0 Å². The molecular formula is C7H13N3O5S. The quantitative estimate of drug-likeness (QED) is 0.272. The molecule has 0 spiro atoms. The Morgan fingerprint density at radius 2 is 1.81 bits per heavy atom. The first kappa shape index (κ1) is 14.4. The third-order valence-electron chi connectivity index (χ3n) is 1.36. The molecule has 0 aromatic carbocycles. The van der Waals surface area contributed by atoms with Crippen molar-refractivity contribution in [1.82, 2.24) is 10.2 Å². The second-order valence-corrected chi connectivity index (χ2v) is 4.93. The first-order valence-corrected chi connectivity index (χ1v) is 5.97. The predicted molar refractivity (Wildman–Crippen MR) is 56.5 cm³/mol. The zero-order valence-electron chi connectivity index (χ0n) is 9.34. The van der Waals surface area contributed by atoms with E-state index in [9.17, 15) is 18.0 Å². The van der Waals surface area contributed by atoms with Gasteiger partial charge >= 0.3 is 6.09 Å². The van der Waals surface area contributed by atoms with Crippen LogP contribution in [0.5, 0.6) is 0 Å². The molecule has 9 heteroatoms. The number of oxime groups is 1. The summed E-state index contributed by atoms with van der Waals surface area (Å²) < 4.78 is 22.4. The number of nitrogens with one attached hydrogen (secondary N) is 1. The summed E-state index contributed by atoms with van der Waals surface area (Å²) in [6.45, 7) is 0. The van der Waals surface area contributed by atoms with E-state index in [0.29, 0.717) is 0 Å². The van der Waals surface area contributed by atoms with Crippen molar-refractivity contribution in [2.24, 2.45) is 5.16 Å². The molecule has 0 atom stereocenters. The van der Waals surface area contributed by atoms with Gasteiger partial charge in [-0.3, -0.25) is 9.63 Å². The van der Waals surface area contributed by atoms with E-state index < -0.39 is 26.9 Å². The van der Waals surface area contributed by atoms with Crippen LogP contribution in [0.4, 0.5) is 4.79 Å². The highest BCUT2D eigenvalue weighted by molar-refractivity contribution is 8.07. The van der Waals surface area contributed by atoms with Gasteiger partial charge in [-0.05, 0) is 0 Å². The summed E-state index contributed by atoms with van der Waals surface area (Å²) in [7, 11) is 0.111. The number of carbonyl (C=O) groups is 2. The number of rotatable bonds is 1. The van der Waals surface area contributed by atoms with Crippen molar-refractivity contribution < 1.29 is 22.8 Å². The normalized spacial score (nSPS) is 11.9. The van der Waals surface area contributed by atoms with Crippen molar-refractivity contribution in [1.29, 1.82) is 0 Å². The fourth-order valence-electron chi connectivity index (χ4n) is 0.585. The van der Waals surface area contributed by atoms with Gasteiger partial charge in [0.05, 0.1) is 0 Å². The van der Waals surface area contributed by atoms with Gasteiger partial charge in [-0.2, -0.15) is 0 Å². The molecule has 0 unspecified atom stereocenters. The van der Waals surface area contributed by atoms with E-state index in [1.165, 1.54) is 21.1 Å². The molecule has 2 amide bonds. The molecule has 0 heterocycles. The molecule has 0 bridgehead atoms. The highest BCUT2D eigenvalue weighted by Gasteiger charge is 2.25. The fourth-order valence-corrected chi connectivity index (χ4v) is 1.26. The van der Waals surface area contributed by atoms with E-state index in [-0.39, 0.29) is 0 Å². The van der Waals surface area contributed by atoms with Gasteiger partial charge in [-0.15, -0.1) is 0 Å². The van der Waals surface area contributed by atoms with Crippen LogP contribution in [0, 0.1) is 0 Å². The monoisotopic (exact) mass is 251 g/mol. The van der Waals surface area contributed by atoms with Crippen molar-refractivity contribution in [2.75, 3.05) is 27.4 Å². The smallest absolute Gasteiger partial charge is 0.343 e. The molecule has 0 radical (unpaired) electrons. The number of amides is 2. The Morgan fingerprint density at radius 1 is 1.31 bits per heavy atom. The molecule has 8 nitrogen and oxygen atoms in total. The molecule has 1 N–H and O–H groups in total. The lowest BCUT2D eigenvalue weighted by atomic mass is 10.6. The van der Waals surface area contributed by atoms with Crippen molar-refractivity contribution in [3.05, 3.63) is 0 Å². The fraction of sp³-hybridized carbons (Fsp3) is 0.571. The van der Waals surface area contributed by atoms with Crippen molar-refractivity contribution in [3.8, 4) is 0 Å². The van der Waals surface area contributed by atoms with E-state index in [0.717, 1.165) is 11.2 Å². The van der Waals surface area contributed by atoms with Gasteiger partial charge in [-0.1, -0.05) is 5.16 Å². The van der Waals surface area contributed by atoms with Gasteiger partial charge in [0, 0.05) is 27.4 Å². The van der Waals surface area contributed by atoms with Crippen LogP contribution in [0.3, 0.4) is 0 Å². The van der Waals surface area contributed by atoms with Crippen LogP contribution in [0.2, 0.25) is 0 Å².